The van der Waals surface area contributed by atoms with E-state index in [9.17, 15) is 0 Å². The summed E-state index contributed by atoms with van der Waals surface area (Å²) in [6.45, 7) is 5.04. The largest absolute Gasteiger partial charge is 0.378 e. The van der Waals surface area contributed by atoms with Gasteiger partial charge in [0.15, 0.2) is 0 Å². The highest BCUT2D eigenvalue weighted by Crippen LogP contribution is 2.33. The van der Waals surface area contributed by atoms with Crippen LogP contribution in [0.15, 0.2) is 58.8 Å². The Kier molecular flexibility index (Phi) is 4.12. The van der Waals surface area contributed by atoms with Crippen LogP contribution in [-0.4, -0.2) is 65.9 Å². The summed E-state index contributed by atoms with van der Waals surface area (Å²) < 4.78 is 5.49. The molecule has 30 heavy (non-hydrogen) atoms. The topological polar surface area (TPSA) is 69.1 Å². The van der Waals surface area contributed by atoms with E-state index in [0.29, 0.717) is 0 Å². The lowest BCUT2D eigenvalue weighted by Crippen LogP contribution is -2.37. The average Bonchev–Trinajstić information content (AvgIpc) is 3.47. The molecule has 2 aromatic carbocycles. The van der Waals surface area contributed by atoms with Gasteiger partial charge in [0.25, 0.3) is 0 Å². The molecule has 3 aromatic rings. The van der Waals surface area contributed by atoms with Crippen molar-refractivity contribution in [3.05, 3.63) is 59.9 Å². The molecule has 0 radical (unpaired) electrons. The number of ether oxygens (including phenoxy) is 1. The Labute approximate surface area is 174 Å². The highest BCUT2D eigenvalue weighted by atomic mass is 16.5. The summed E-state index contributed by atoms with van der Waals surface area (Å²) in [6, 6.07) is 12.7. The SMILES string of the molecule is C(=Cc1ccc2nc[nH]c2c1)C1=Nc2cc(N3CCOCC3)ccc2C2=NCCN12. The first-order valence-corrected chi connectivity index (χ1v) is 10.3. The molecule has 3 aliphatic heterocycles. The van der Waals surface area contributed by atoms with Crippen molar-refractivity contribution in [3.63, 3.8) is 0 Å². The van der Waals surface area contributed by atoms with Gasteiger partial charge in [0, 0.05) is 30.9 Å². The molecular formula is C23H22N6O. The number of hydrogen-bond acceptors (Lipinski definition) is 6. The molecule has 1 aromatic heterocycles. The number of rotatable bonds is 3. The van der Waals surface area contributed by atoms with E-state index in [1.54, 1.807) is 6.33 Å². The number of anilines is 1. The van der Waals surface area contributed by atoms with Crippen molar-refractivity contribution in [2.45, 2.75) is 0 Å². The third-order valence-electron chi connectivity index (χ3n) is 5.82. The molecule has 0 unspecified atom stereocenters. The van der Waals surface area contributed by atoms with Gasteiger partial charge in [-0.2, -0.15) is 0 Å². The van der Waals surface area contributed by atoms with Crippen LogP contribution in [0.25, 0.3) is 17.1 Å². The van der Waals surface area contributed by atoms with Crippen LogP contribution < -0.4 is 4.90 Å². The number of fused-ring (bicyclic) bond motifs is 4. The van der Waals surface area contributed by atoms with Gasteiger partial charge in [0.1, 0.15) is 11.7 Å². The Balaban J connectivity index is 1.36. The van der Waals surface area contributed by atoms with E-state index in [4.69, 9.17) is 14.7 Å². The van der Waals surface area contributed by atoms with Gasteiger partial charge < -0.3 is 19.5 Å². The number of aromatic nitrogens is 2. The fraction of sp³-hybridized carbons (Fsp3) is 0.261. The summed E-state index contributed by atoms with van der Waals surface area (Å²) in [5.74, 6) is 1.96. The minimum atomic E-state index is 0.773. The molecule has 0 atom stereocenters. The molecule has 1 N–H and O–H groups in total. The molecule has 3 aliphatic rings. The summed E-state index contributed by atoms with van der Waals surface area (Å²) in [7, 11) is 0. The lowest BCUT2D eigenvalue weighted by molar-refractivity contribution is 0.122. The minimum absolute atomic E-state index is 0.773. The van der Waals surface area contributed by atoms with Gasteiger partial charge in [-0.05, 0) is 42.0 Å². The summed E-state index contributed by atoms with van der Waals surface area (Å²) in [6.07, 6.45) is 5.91. The van der Waals surface area contributed by atoms with E-state index in [1.165, 1.54) is 5.69 Å². The van der Waals surface area contributed by atoms with Crippen LogP contribution in [0.3, 0.4) is 0 Å². The van der Waals surface area contributed by atoms with Gasteiger partial charge in [-0.15, -0.1) is 0 Å². The van der Waals surface area contributed by atoms with Crippen molar-refractivity contribution in [1.29, 1.82) is 0 Å². The lowest BCUT2D eigenvalue weighted by Gasteiger charge is -2.31. The fourth-order valence-corrected chi connectivity index (χ4v) is 4.26. The molecule has 7 heteroatoms. The van der Waals surface area contributed by atoms with E-state index in [2.05, 4.69) is 62.3 Å². The van der Waals surface area contributed by atoms with Crippen molar-refractivity contribution in [2.24, 2.45) is 9.98 Å². The number of amidine groups is 2. The molecule has 1 saturated heterocycles. The summed E-state index contributed by atoms with van der Waals surface area (Å²) >= 11 is 0. The molecule has 7 nitrogen and oxygen atoms in total. The molecule has 6 rings (SSSR count). The third-order valence-corrected chi connectivity index (χ3v) is 5.82. The van der Waals surface area contributed by atoms with Crippen molar-refractivity contribution < 1.29 is 4.74 Å². The Morgan fingerprint density at radius 1 is 1.00 bits per heavy atom. The van der Waals surface area contributed by atoms with Gasteiger partial charge in [-0.3, -0.25) is 4.99 Å². The van der Waals surface area contributed by atoms with Crippen molar-refractivity contribution in [3.8, 4) is 0 Å². The number of aliphatic imine (C=N–C) groups is 2. The quantitative estimate of drug-likeness (QED) is 0.736. The van der Waals surface area contributed by atoms with E-state index in [0.717, 1.165) is 78.9 Å². The second-order valence-corrected chi connectivity index (χ2v) is 7.64. The number of hydrogen-bond donors (Lipinski definition) is 1. The molecular weight excluding hydrogens is 376 g/mol. The average molecular weight is 398 g/mol. The fourth-order valence-electron chi connectivity index (χ4n) is 4.26. The van der Waals surface area contributed by atoms with Gasteiger partial charge in [-0.25, -0.2) is 9.98 Å². The molecule has 0 saturated carbocycles. The minimum Gasteiger partial charge on any atom is -0.378 e. The molecule has 150 valence electrons. The lowest BCUT2D eigenvalue weighted by atomic mass is 10.1. The highest BCUT2D eigenvalue weighted by Gasteiger charge is 2.28. The first kappa shape index (κ1) is 17.4. The third kappa shape index (κ3) is 2.98. The number of aromatic amines is 1. The van der Waals surface area contributed by atoms with Crippen LogP contribution in [-0.2, 0) is 4.74 Å². The van der Waals surface area contributed by atoms with E-state index in [-0.39, 0.29) is 0 Å². The maximum Gasteiger partial charge on any atom is 0.138 e. The van der Waals surface area contributed by atoms with Crippen molar-refractivity contribution in [1.82, 2.24) is 14.9 Å². The maximum atomic E-state index is 5.49. The van der Waals surface area contributed by atoms with Crippen LogP contribution in [0.2, 0.25) is 0 Å². The normalized spacial score (nSPS) is 18.5. The molecule has 0 amide bonds. The number of benzene rings is 2. The summed E-state index contributed by atoms with van der Waals surface area (Å²) in [5, 5.41) is 0. The van der Waals surface area contributed by atoms with Gasteiger partial charge in [0.2, 0.25) is 0 Å². The first-order chi connectivity index (χ1) is 14.8. The van der Waals surface area contributed by atoms with Crippen LogP contribution in [0, 0.1) is 0 Å². The van der Waals surface area contributed by atoms with Gasteiger partial charge in [-0.1, -0.05) is 12.1 Å². The second-order valence-electron chi connectivity index (χ2n) is 7.64. The second kappa shape index (κ2) is 7.11. The Hall–Kier alpha value is -3.45. The number of imidazole rings is 1. The summed E-state index contributed by atoms with van der Waals surface area (Å²) in [4.78, 5) is 21.8. The van der Waals surface area contributed by atoms with E-state index in [1.807, 2.05) is 6.07 Å². The van der Waals surface area contributed by atoms with Crippen LogP contribution in [0.1, 0.15) is 11.1 Å². The van der Waals surface area contributed by atoms with Crippen LogP contribution in [0.5, 0.6) is 0 Å². The molecule has 0 aliphatic carbocycles. The predicted octanol–water partition coefficient (Wildman–Crippen LogP) is 3.22. The number of H-pyrrole nitrogens is 1. The van der Waals surface area contributed by atoms with Crippen molar-refractivity contribution in [2.75, 3.05) is 44.3 Å². The number of nitrogens with one attached hydrogen (secondary N) is 1. The Bertz CT molecular complexity index is 1200. The Morgan fingerprint density at radius 3 is 2.87 bits per heavy atom. The smallest absolute Gasteiger partial charge is 0.138 e. The zero-order valence-corrected chi connectivity index (χ0v) is 16.6. The maximum absolute atomic E-state index is 5.49. The predicted molar refractivity (Wildman–Crippen MR) is 120 cm³/mol. The molecule has 0 bridgehead atoms. The highest BCUT2D eigenvalue weighted by molar-refractivity contribution is 6.19. The Morgan fingerprint density at radius 2 is 1.93 bits per heavy atom. The van der Waals surface area contributed by atoms with Gasteiger partial charge >= 0.3 is 0 Å². The molecule has 1 fully saturated rings. The van der Waals surface area contributed by atoms with Gasteiger partial charge in [0.05, 0.1) is 42.8 Å². The van der Waals surface area contributed by atoms with Crippen LogP contribution in [0.4, 0.5) is 11.4 Å². The first-order valence-electron chi connectivity index (χ1n) is 10.3. The van der Waals surface area contributed by atoms with E-state index >= 15 is 0 Å². The van der Waals surface area contributed by atoms with E-state index < -0.39 is 0 Å². The zero-order valence-electron chi connectivity index (χ0n) is 16.6. The van der Waals surface area contributed by atoms with Crippen LogP contribution >= 0.6 is 0 Å². The molecule has 4 heterocycles. The molecule has 0 spiro atoms. The standard InChI is InChI=1S/C23H22N6O/c1-5-19-21(26-15-25-19)13-16(1)2-6-22-27-20-14-17(28-9-11-30-12-10-28)3-4-18(20)23-24-7-8-29(22)23/h1-6,13-15H,7-12H2,(H,25,26). The number of nitrogens with zero attached hydrogens (tertiary/aromatic N) is 5. The number of morpholine rings is 1. The zero-order chi connectivity index (χ0) is 19.9. The summed E-state index contributed by atoms with van der Waals surface area (Å²) in [5.41, 5.74) is 6.41. The van der Waals surface area contributed by atoms with Crippen molar-refractivity contribution >= 4 is 40.2 Å². The monoisotopic (exact) mass is 398 g/mol.